The van der Waals surface area contributed by atoms with E-state index >= 15 is 0 Å². The Bertz CT molecular complexity index is 815. The highest BCUT2D eigenvalue weighted by molar-refractivity contribution is 6.14. The molecule has 1 atom stereocenters. The van der Waals surface area contributed by atoms with E-state index in [9.17, 15) is 14.7 Å². The zero-order valence-electron chi connectivity index (χ0n) is 18.1. The Labute approximate surface area is 178 Å². The SMILES string of the molecule is CC(C)(C)OC(=O)N1CCC(CN=CC2=C(O)CC(c3ccccc3)CC2=O)CC1. The monoisotopic (exact) mass is 412 g/mol. The van der Waals surface area contributed by atoms with Crippen LogP contribution in [-0.4, -0.2) is 53.3 Å². The largest absolute Gasteiger partial charge is 0.511 e. The molecule has 6 nitrogen and oxygen atoms in total. The molecule has 1 aliphatic heterocycles. The van der Waals surface area contributed by atoms with E-state index in [1.807, 2.05) is 51.1 Å². The molecule has 1 saturated heterocycles. The number of allylic oxidation sites excluding steroid dienone is 2. The molecule has 0 saturated carbocycles. The maximum absolute atomic E-state index is 12.5. The van der Waals surface area contributed by atoms with Crippen molar-refractivity contribution in [3.05, 3.63) is 47.2 Å². The van der Waals surface area contributed by atoms with Crippen LogP contribution < -0.4 is 0 Å². The first-order chi connectivity index (χ1) is 14.2. The van der Waals surface area contributed by atoms with Crippen molar-refractivity contribution >= 4 is 18.1 Å². The average Bonchev–Trinajstić information content (AvgIpc) is 2.69. The molecule has 1 heterocycles. The highest BCUT2D eigenvalue weighted by Crippen LogP contribution is 2.33. The second-order valence-electron chi connectivity index (χ2n) is 9.20. The van der Waals surface area contributed by atoms with Gasteiger partial charge in [-0.05, 0) is 51.0 Å². The Hall–Kier alpha value is -2.63. The predicted molar refractivity (Wildman–Crippen MR) is 117 cm³/mol. The van der Waals surface area contributed by atoms with Crippen molar-refractivity contribution in [1.29, 1.82) is 0 Å². The highest BCUT2D eigenvalue weighted by Gasteiger charge is 2.29. The van der Waals surface area contributed by atoms with Crippen LogP contribution in [0.3, 0.4) is 0 Å². The molecule has 1 N–H and O–H groups in total. The summed E-state index contributed by atoms with van der Waals surface area (Å²) in [6.45, 7) is 7.50. The first-order valence-electron chi connectivity index (χ1n) is 10.7. The molecule has 1 fully saturated rings. The number of piperidine rings is 1. The van der Waals surface area contributed by atoms with Gasteiger partial charge in [0.2, 0.25) is 0 Å². The molecule has 1 aromatic carbocycles. The number of Topliss-reactive ketones (excluding diaryl/α,β-unsaturated/α-hetero) is 1. The van der Waals surface area contributed by atoms with Gasteiger partial charge < -0.3 is 14.7 Å². The lowest BCUT2D eigenvalue weighted by atomic mass is 9.83. The predicted octanol–water partition coefficient (Wildman–Crippen LogP) is 4.66. The summed E-state index contributed by atoms with van der Waals surface area (Å²) in [6.07, 6.45) is 3.84. The number of aliphatic hydroxyl groups is 1. The molecule has 1 amide bonds. The molecule has 0 aromatic heterocycles. The molecule has 1 aromatic rings. The van der Waals surface area contributed by atoms with E-state index in [1.54, 1.807) is 11.1 Å². The zero-order chi connectivity index (χ0) is 21.7. The number of nitrogens with zero attached hydrogens (tertiary/aromatic N) is 2. The summed E-state index contributed by atoms with van der Waals surface area (Å²) in [5.41, 5.74) is 0.929. The van der Waals surface area contributed by atoms with Gasteiger partial charge in [-0.15, -0.1) is 0 Å². The Morgan fingerprint density at radius 1 is 1.20 bits per heavy atom. The summed E-state index contributed by atoms with van der Waals surface area (Å²) in [4.78, 5) is 30.9. The van der Waals surface area contributed by atoms with Crippen LogP contribution in [0.5, 0.6) is 0 Å². The number of hydrogen-bond acceptors (Lipinski definition) is 5. The number of hydrogen-bond donors (Lipinski definition) is 1. The molecule has 2 aliphatic rings. The summed E-state index contributed by atoms with van der Waals surface area (Å²) in [5.74, 6) is 0.450. The van der Waals surface area contributed by atoms with Crippen LogP contribution in [0.4, 0.5) is 4.79 Å². The highest BCUT2D eigenvalue weighted by atomic mass is 16.6. The summed E-state index contributed by atoms with van der Waals surface area (Å²) in [7, 11) is 0. The van der Waals surface area contributed by atoms with Gasteiger partial charge in [0.1, 0.15) is 11.4 Å². The standard InChI is InChI=1S/C24H32N2O4/c1-24(2,3)30-23(29)26-11-9-17(10-12-26)15-25-16-20-21(27)13-19(14-22(20)28)18-7-5-4-6-8-18/h4-8,16-17,19,27H,9-15H2,1-3H3. The maximum atomic E-state index is 12.5. The van der Waals surface area contributed by atoms with Gasteiger partial charge in [0, 0.05) is 38.7 Å². The smallest absolute Gasteiger partial charge is 0.410 e. The quantitative estimate of drug-likeness (QED) is 0.729. The number of carbonyl (C=O) groups excluding carboxylic acids is 2. The van der Waals surface area contributed by atoms with E-state index in [4.69, 9.17) is 4.74 Å². The number of aliphatic hydroxyl groups excluding tert-OH is 1. The summed E-state index contributed by atoms with van der Waals surface area (Å²) < 4.78 is 5.42. The van der Waals surface area contributed by atoms with Crippen molar-refractivity contribution in [3.8, 4) is 0 Å². The fourth-order valence-corrected chi connectivity index (χ4v) is 3.94. The first kappa shape index (κ1) is 22.1. The molecular weight excluding hydrogens is 380 g/mol. The van der Waals surface area contributed by atoms with Crippen molar-refractivity contribution in [2.24, 2.45) is 10.9 Å². The third-order valence-corrected chi connectivity index (χ3v) is 5.60. The van der Waals surface area contributed by atoms with Crippen molar-refractivity contribution in [1.82, 2.24) is 4.90 Å². The minimum absolute atomic E-state index is 0.0213. The molecule has 3 rings (SSSR count). The molecule has 162 valence electrons. The Morgan fingerprint density at radius 3 is 2.47 bits per heavy atom. The summed E-state index contributed by atoms with van der Waals surface area (Å²) in [5, 5.41) is 10.4. The van der Waals surface area contributed by atoms with E-state index in [2.05, 4.69) is 4.99 Å². The minimum atomic E-state index is -0.486. The topological polar surface area (TPSA) is 79.2 Å². The molecule has 0 radical (unpaired) electrons. The van der Waals surface area contributed by atoms with Crippen molar-refractivity contribution < 1.29 is 19.4 Å². The van der Waals surface area contributed by atoms with Gasteiger partial charge in [-0.1, -0.05) is 30.3 Å². The number of likely N-dealkylation sites (tertiary alicyclic amines) is 1. The lowest BCUT2D eigenvalue weighted by molar-refractivity contribution is -0.116. The zero-order valence-corrected chi connectivity index (χ0v) is 18.1. The van der Waals surface area contributed by atoms with Crippen molar-refractivity contribution in [2.75, 3.05) is 19.6 Å². The van der Waals surface area contributed by atoms with Gasteiger partial charge in [0.05, 0.1) is 5.57 Å². The average molecular weight is 413 g/mol. The third-order valence-electron chi connectivity index (χ3n) is 5.60. The van der Waals surface area contributed by atoms with Crippen LogP contribution in [0.2, 0.25) is 0 Å². The van der Waals surface area contributed by atoms with Crippen LogP contribution >= 0.6 is 0 Å². The van der Waals surface area contributed by atoms with Gasteiger partial charge in [-0.3, -0.25) is 9.79 Å². The maximum Gasteiger partial charge on any atom is 0.410 e. The number of carbonyl (C=O) groups is 2. The Kier molecular flexibility index (Phi) is 6.95. The summed E-state index contributed by atoms with van der Waals surface area (Å²) in [6, 6.07) is 9.83. The van der Waals surface area contributed by atoms with Gasteiger partial charge in [0.25, 0.3) is 0 Å². The number of amides is 1. The number of aliphatic imine (C=N–C) groups is 1. The van der Waals surface area contributed by atoms with E-state index in [0.29, 0.717) is 44.0 Å². The van der Waals surface area contributed by atoms with Gasteiger partial charge >= 0.3 is 6.09 Å². The molecule has 30 heavy (non-hydrogen) atoms. The van der Waals surface area contributed by atoms with E-state index in [-0.39, 0.29) is 23.6 Å². The fraction of sp³-hybridized carbons (Fsp3) is 0.542. The van der Waals surface area contributed by atoms with Crippen LogP contribution in [0.1, 0.15) is 57.9 Å². The van der Waals surface area contributed by atoms with Crippen LogP contribution in [-0.2, 0) is 9.53 Å². The third kappa shape index (κ3) is 5.94. The van der Waals surface area contributed by atoms with Crippen molar-refractivity contribution in [2.45, 2.75) is 58.0 Å². The molecule has 1 unspecified atom stereocenters. The molecule has 1 aliphatic carbocycles. The Morgan fingerprint density at radius 2 is 1.87 bits per heavy atom. The van der Waals surface area contributed by atoms with E-state index < -0.39 is 5.60 Å². The van der Waals surface area contributed by atoms with Crippen LogP contribution in [0.15, 0.2) is 46.7 Å². The molecule has 0 spiro atoms. The summed E-state index contributed by atoms with van der Waals surface area (Å²) >= 11 is 0. The molecule has 6 heteroatoms. The van der Waals surface area contributed by atoms with Crippen LogP contribution in [0, 0.1) is 5.92 Å². The van der Waals surface area contributed by atoms with E-state index in [0.717, 1.165) is 18.4 Å². The number of rotatable bonds is 4. The Balaban J connectivity index is 1.50. The lowest BCUT2D eigenvalue weighted by Crippen LogP contribution is -2.42. The van der Waals surface area contributed by atoms with E-state index in [1.165, 1.54) is 0 Å². The normalized spacial score (nSPS) is 21.4. The van der Waals surface area contributed by atoms with Gasteiger partial charge in [0.15, 0.2) is 5.78 Å². The molecule has 0 bridgehead atoms. The second kappa shape index (κ2) is 9.45. The number of ketones is 1. The number of benzene rings is 1. The number of ether oxygens (including phenoxy) is 1. The fourth-order valence-electron chi connectivity index (χ4n) is 3.94. The first-order valence-corrected chi connectivity index (χ1v) is 10.7. The lowest BCUT2D eigenvalue weighted by Gasteiger charge is -2.33. The minimum Gasteiger partial charge on any atom is -0.511 e. The van der Waals surface area contributed by atoms with Gasteiger partial charge in [-0.25, -0.2) is 4.79 Å². The van der Waals surface area contributed by atoms with Gasteiger partial charge in [-0.2, -0.15) is 0 Å². The second-order valence-corrected chi connectivity index (χ2v) is 9.20. The van der Waals surface area contributed by atoms with Crippen LogP contribution in [0.25, 0.3) is 0 Å². The van der Waals surface area contributed by atoms with Crippen molar-refractivity contribution in [3.63, 3.8) is 0 Å². The molecular formula is C24H32N2O4.